The molecule has 2 saturated heterocycles. The van der Waals surface area contributed by atoms with E-state index in [-0.39, 0.29) is 0 Å². The van der Waals surface area contributed by atoms with Crippen molar-refractivity contribution >= 4 is 44.5 Å². The van der Waals surface area contributed by atoms with E-state index in [9.17, 15) is 21.6 Å². The van der Waals surface area contributed by atoms with E-state index in [0.717, 1.165) is 80.4 Å². The van der Waals surface area contributed by atoms with E-state index in [2.05, 4.69) is 32.2 Å². The topological polar surface area (TPSA) is 142 Å². The minimum atomic E-state index is -5.08. The van der Waals surface area contributed by atoms with Crippen LogP contribution in [-0.2, 0) is 19.6 Å². The van der Waals surface area contributed by atoms with Crippen molar-refractivity contribution in [1.82, 2.24) is 19.5 Å². The Balaban J connectivity index is 0.000000606. The Morgan fingerprint density at radius 1 is 1.06 bits per heavy atom. The van der Waals surface area contributed by atoms with E-state index in [0.29, 0.717) is 23.4 Å². The van der Waals surface area contributed by atoms with Crippen LogP contribution in [0.2, 0.25) is 0 Å². The minimum Gasteiger partial charge on any atom is -0.494 e. The highest BCUT2D eigenvalue weighted by Gasteiger charge is 2.38. The van der Waals surface area contributed by atoms with Crippen molar-refractivity contribution in [3.63, 3.8) is 0 Å². The number of nitrogens with one attached hydrogen (secondary N) is 1. The van der Waals surface area contributed by atoms with Crippen molar-refractivity contribution in [2.24, 2.45) is 0 Å². The molecule has 0 saturated carbocycles. The second-order valence-corrected chi connectivity index (χ2v) is 13.6. The highest BCUT2D eigenvalue weighted by atomic mass is 32.2. The molecule has 0 aliphatic carbocycles. The summed E-state index contributed by atoms with van der Waals surface area (Å²) in [5.74, 6) is -1.65. The summed E-state index contributed by atoms with van der Waals surface area (Å²) < 4.78 is 70.7. The third-order valence-electron chi connectivity index (χ3n) is 8.48. The number of nitrogens with zero attached hydrogens (tertiary/aromatic N) is 6. The number of anilines is 4. The molecule has 2 N–H and O–H groups in total. The maximum atomic E-state index is 12.3. The molecule has 49 heavy (non-hydrogen) atoms. The molecule has 2 aliphatic heterocycles. The van der Waals surface area contributed by atoms with E-state index in [4.69, 9.17) is 24.5 Å². The third-order valence-corrected chi connectivity index (χ3v) is 9.67. The number of hydrogen-bond donors (Lipinski definition) is 2. The van der Waals surface area contributed by atoms with Gasteiger partial charge in [0.1, 0.15) is 5.75 Å². The van der Waals surface area contributed by atoms with Crippen molar-refractivity contribution in [2.75, 3.05) is 74.3 Å². The summed E-state index contributed by atoms with van der Waals surface area (Å²) in [6.07, 6.45) is 0.120. The first-order valence-corrected chi connectivity index (χ1v) is 17.3. The Morgan fingerprint density at radius 3 is 2.37 bits per heavy atom. The van der Waals surface area contributed by atoms with Gasteiger partial charge in [0.2, 0.25) is 16.0 Å². The predicted molar refractivity (Wildman–Crippen MR) is 179 cm³/mol. The molecule has 2 aromatic carbocycles. The van der Waals surface area contributed by atoms with Gasteiger partial charge in [-0.1, -0.05) is 18.2 Å². The third kappa shape index (κ3) is 8.52. The number of benzene rings is 2. The van der Waals surface area contributed by atoms with Gasteiger partial charge in [0, 0.05) is 56.6 Å². The predicted octanol–water partition coefficient (Wildman–Crippen LogP) is 4.48. The van der Waals surface area contributed by atoms with Crippen LogP contribution in [0.4, 0.5) is 36.2 Å². The Morgan fingerprint density at radius 2 is 1.73 bits per heavy atom. The number of para-hydroxylation sites is 1. The second-order valence-electron chi connectivity index (χ2n) is 11.6. The zero-order valence-corrected chi connectivity index (χ0v) is 28.0. The number of hydrogen-bond acceptors (Lipinski definition) is 10. The van der Waals surface area contributed by atoms with E-state index in [1.807, 2.05) is 36.4 Å². The van der Waals surface area contributed by atoms with Crippen molar-refractivity contribution in [3.8, 4) is 17.0 Å². The lowest BCUT2D eigenvalue weighted by molar-refractivity contribution is -0.192. The van der Waals surface area contributed by atoms with Crippen molar-refractivity contribution in [1.29, 1.82) is 0 Å². The molecule has 6 rings (SSSR count). The Labute approximate surface area is 281 Å². The van der Waals surface area contributed by atoms with Crippen molar-refractivity contribution < 1.29 is 41.0 Å². The van der Waals surface area contributed by atoms with E-state index >= 15 is 0 Å². The van der Waals surface area contributed by atoms with Crippen LogP contribution >= 0.6 is 0 Å². The number of sulfonamides is 1. The van der Waals surface area contributed by atoms with Gasteiger partial charge in [0.15, 0.2) is 0 Å². The Hall–Kier alpha value is -4.61. The van der Waals surface area contributed by atoms with Crippen molar-refractivity contribution in [2.45, 2.75) is 25.1 Å². The highest BCUT2D eigenvalue weighted by molar-refractivity contribution is 7.92. The van der Waals surface area contributed by atoms with Crippen LogP contribution in [0.3, 0.4) is 0 Å². The Bertz CT molecular complexity index is 1870. The molecule has 17 heteroatoms. The smallest absolute Gasteiger partial charge is 0.490 e. The van der Waals surface area contributed by atoms with Crippen molar-refractivity contribution in [3.05, 3.63) is 60.8 Å². The molecule has 2 aromatic heterocycles. The van der Waals surface area contributed by atoms with Gasteiger partial charge in [-0.2, -0.15) is 13.2 Å². The van der Waals surface area contributed by atoms with Gasteiger partial charge < -0.3 is 24.8 Å². The lowest BCUT2D eigenvalue weighted by Crippen LogP contribution is -2.49. The summed E-state index contributed by atoms with van der Waals surface area (Å²) in [6.45, 7) is 5.74. The van der Waals surface area contributed by atoms with Crippen LogP contribution in [0.5, 0.6) is 5.75 Å². The lowest BCUT2D eigenvalue weighted by atomic mass is 10.0. The lowest BCUT2D eigenvalue weighted by Gasteiger charge is -2.40. The second kappa shape index (κ2) is 14.9. The summed E-state index contributed by atoms with van der Waals surface area (Å²) in [4.78, 5) is 18.4. The molecule has 0 radical (unpaired) electrons. The maximum absolute atomic E-state index is 12.3. The number of aromatic nitrogens is 3. The number of fused-ring (bicyclic) bond motifs is 1. The summed E-state index contributed by atoms with van der Waals surface area (Å²) in [5, 5.41) is 15.2. The first-order valence-electron chi connectivity index (χ1n) is 15.5. The number of rotatable bonds is 8. The number of aliphatic carboxylic acids is 1. The average Bonchev–Trinajstić information content (AvgIpc) is 3.51. The summed E-state index contributed by atoms with van der Waals surface area (Å²) in [5.41, 5.74) is 4.75. The van der Waals surface area contributed by atoms with E-state index in [1.54, 1.807) is 30.9 Å². The molecule has 2 aliphatic rings. The number of ether oxygens (including phenoxy) is 2. The fourth-order valence-electron chi connectivity index (χ4n) is 5.84. The number of morpholine rings is 1. The Kier molecular flexibility index (Phi) is 10.8. The zero-order chi connectivity index (χ0) is 35.3. The number of alkyl halides is 3. The van der Waals surface area contributed by atoms with Crippen LogP contribution in [0.25, 0.3) is 16.8 Å². The molecule has 0 spiro atoms. The first-order chi connectivity index (χ1) is 23.3. The molecule has 2 fully saturated rings. The number of carboxylic acids is 1. The highest BCUT2D eigenvalue weighted by Crippen LogP contribution is 2.35. The standard InChI is InChI=1S/C30H37N7O4S.C2HF3O2/c1-34(42(3,38)39)27-7-5-4-6-25(27)28-11-9-24-21-31-30(33-37(24)28)32-26-10-8-23(20-29(26)40-2)35-14-12-22(13-15-35)36-16-18-41-19-17-36;3-2(4,5)1(6)7/h4-11,20-22H,12-19H2,1-3H3,(H,32,33);(H,6,7). The van der Waals surface area contributed by atoms with Crippen LogP contribution in [0.1, 0.15) is 12.8 Å². The van der Waals surface area contributed by atoms with Gasteiger partial charge in [0.25, 0.3) is 0 Å². The van der Waals surface area contributed by atoms with Gasteiger partial charge in [-0.15, -0.1) is 5.10 Å². The van der Waals surface area contributed by atoms with Gasteiger partial charge >= 0.3 is 12.1 Å². The zero-order valence-electron chi connectivity index (χ0n) is 27.2. The molecule has 0 amide bonds. The average molecular weight is 706 g/mol. The molecular formula is C32H38F3N7O6S. The number of halogens is 3. The van der Waals surface area contributed by atoms with Crippen LogP contribution in [0, 0.1) is 0 Å². The maximum Gasteiger partial charge on any atom is 0.490 e. The summed E-state index contributed by atoms with van der Waals surface area (Å²) in [7, 11) is -0.230. The molecule has 0 bridgehead atoms. The fraction of sp³-hybridized carbons (Fsp3) is 0.406. The quantitative estimate of drug-likeness (QED) is 0.268. The fourth-order valence-corrected chi connectivity index (χ4v) is 6.36. The molecule has 4 heterocycles. The normalized spacial score (nSPS) is 16.2. The number of methoxy groups -OCH3 is 1. The molecule has 264 valence electrons. The van der Waals surface area contributed by atoms with Crippen LogP contribution < -0.4 is 19.3 Å². The molecule has 4 aromatic rings. The molecule has 13 nitrogen and oxygen atoms in total. The molecule has 0 atom stereocenters. The first kappa shape index (κ1) is 35.7. The van der Waals surface area contributed by atoms with E-state index < -0.39 is 22.2 Å². The SMILES string of the molecule is COc1cc(N2CCC(N3CCOCC3)CC2)ccc1Nc1ncc2ccc(-c3ccccc3N(C)S(C)(=O)=O)n2n1.O=C(O)C(F)(F)F. The molecular weight excluding hydrogens is 667 g/mol. The summed E-state index contributed by atoms with van der Waals surface area (Å²) >= 11 is 0. The minimum absolute atomic E-state index is 0.395. The van der Waals surface area contributed by atoms with Crippen LogP contribution in [0.15, 0.2) is 60.8 Å². The van der Waals surface area contributed by atoms with Gasteiger partial charge in [-0.3, -0.25) is 9.21 Å². The number of piperidine rings is 1. The largest absolute Gasteiger partial charge is 0.494 e. The number of carbonyl (C=O) groups is 1. The van der Waals surface area contributed by atoms with Gasteiger partial charge in [-0.05, 0) is 43.2 Å². The van der Waals surface area contributed by atoms with Crippen LogP contribution in [-0.4, -0.2) is 111 Å². The van der Waals surface area contributed by atoms with Gasteiger partial charge in [0.05, 0.1) is 55.4 Å². The van der Waals surface area contributed by atoms with Gasteiger partial charge in [-0.25, -0.2) is 22.7 Å². The van der Waals surface area contributed by atoms with E-state index in [1.165, 1.54) is 10.6 Å². The monoisotopic (exact) mass is 705 g/mol. The summed E-state index contributed by atoms with van der Waals surface area (Å²) in [6, 6.07) is 18.0. The molecule has 0 unspecified atom stereocenters. The number of carboxylic acid groups (broad SMARTS) is 1.